The van der Waals surface area contributed by atoms with Gasteiger partial charge in [0, 0.05) is 18.3 Å². The average molecular weight is 271 g/mol. The molecule has 0 amide bonds. The van der Waals surface area contributed by atoms with Gasteiger partial charge < -0.3 is 15.2 Å². The second-order valence-corrected chi connectivity index (χ2v) is 4.54. The molecule has 0 atom stereocenters. The third-order valence-corrected chi connectivity index (χ3v) is 3.11. The van der Waals surface area contributed by atoms with Crippen molar-refractivity contribution < 1.29 is 14.6 Å². The van der Waals surface area contributed by atoms with E-state index in [0.29, 0.717) is 12.1 Å². The van der Waals surface area contributed by atoms with Crippen molar-refractivity contribution in [3.63, 3.8) is 0 Å². The van der Waals surface area contributed by atoms with Gasteiger partial charge in [0.1, 0.15) is 5.75 Å². The highest BCUT2D eigenvalue weighted by Crippen LogP contribution is 2.22. The predicted molar refractivity (Wildman–Crippen MR) is 78.5 cm³/mol. The van der Waals surface area contributed by atoms with E-state index in [1.165, 1.54) is 0 Å². The molecular formula is C16H17NO3. The Balaban J connectivity index is 2.03. The molecule has 0 aromatic heterocycles. The highest BCUT2D eigenvalue weighted by atomic mass is 16.5. The van der Waals surface area contributed by atoms with Gasteiger partial charge in [-0.2, -0.15) is 0 Å². The first kappa shape index (κ1) is 13.9. The van der Waals surface area contributed by atoms with E-state index in [0.717, 1.165) is 22.6 Å². The zero-order valence-electron chi connectivity index (χ0n) is 11.5. The molecule has 2 N–H and O–H groups in total. The molecule has 2 aromatic carbocycles. The van der Waals surface area contributed by atoms with Crippen LogP contribution in [0, 0.1) is 6.92 Å². The minimum absolute atomic E-state index is 0.297. The first-order valence-electron chi connectivity index (χ1n) is 6.31. The van der Waals surface area contributed by atoms with Gasteiger partial charge in [-0.15, -0.1) is 0 Å². The van der Waals surface area contributed by atoms with E-state index in [1.54, 1.807) is 19.2 Å². The lowest BCUT2D eigenvalue weighted by atomic mass is 10.1. The zero-order valence-corrected chi connectivity index (χ0v) is 11.5. The van der Waals surface area contributed by atoms with E-state index in [1.807, 2.05) is 37.3 Å². The number of carbonyl (C=O) groups is 1. The number of hydrogen-bond donors (Lipinski definition) is 2. The number of anilines is 1. The number of aryl methyl sites for hydroxylation is 1. The van der Waals surface area contributed by atoms with Gasteiger partial charge in [0.25, 0.3) is 0 Å². The Labute approximate surface area is 118 Å². The van der Waals surface area contributed by atoms with Crippen molar-refractivity contribution in [1.29, 1.82) is 0 Å². The van der Waals surface area contributed by atoms with Crippen LogP contribution in [0.4, 0.5) is 5.69 Å². The Kier molecular flexibility index (Phi) is 4.25. The van der Waals surface area contributed by atoms with E-state index in [9.17, 15) is 4.79 Å². The van der Waals surface area contributed by atoms with Gasteiger partial charge in [0.05, 0.1) is 12.7 Å². The molecule has 0 heterocycles. The molecule has 0 aliphatic heterocycles. The van der Waals surface area contributed by atoms with Gasteiger partial charge >= 0.3 is 5.97 Å². The zero-order chi connectivity index (χ0) is 14.5. The fourth-order valence-corrected chi connectivity index (χ4v) is 1.90. The molecule has 0 spiro atoms. The molecule has 20 heavy (non-hydrogen) atoms. The molecule has 0 radical (unpaired) electrons. The molecule has 2 aromatic rings. The van der Waals surface area contributed by atoms with Gasteiger partial charge in [-0.05, 0) is 36.2 Å². The van der Waals surface area contributed by atoms with Crippen LogP contribution in [0.15, 0.2) is 42.5 Å². The van der Waals surface area contributed by atoms with Crippen molar-refractivity contribution >= 4 is 11.7 Å². The Morgan fingerprint density at radius 1 is 1.20 bits per heavy atom. The van der Waals surface area contributed by atoms with E-state index >= 15 is 0 Å². The Morgan fingerprint density at radius 2 is 1.90 bits per heavy atom. The first-order valence-corrected chi connectivity index (χ1v) is 6.31. The summed E-state index contributed by atoms with van der Waals surface area (Å²) < 4.78 is 5.27. The van der Waals surface area contributed by atoms with Gasteiger partial charge in [-0.3, -0.25) is 0 Å². The van der Waals surface area contributed by atoms with Crippen LogP contribution in [0.3, 0.4) is 0 Å². The van der Waals surface area contributed by atoms with E-state index in [-0.39, 0.29) is 0 Å². The van der Waals surface area contributed by atoms with Crippen molar-refractivity contribution in [2.45, 2.75) is 13.5 Å². The number of nitrogens with one attached hydrogen (secondary N) is 1. The smallest absolute Gasteiger partial charge is 0.335 e. The monoisotopic (exact) mass is 271 g/mol. The lowest BCUT2D eigenvalue weighted by Crippen LogP contribution is -2.01. The maximum atomic E-state index is 10.8. The summed E-state index contributed by atoms with van der Waals surface area (Å²) >= 11 is 0. The SMILES string of the molecule is COc1cc(NCc2ccc(C(=O)O)cc2)ccc1C. The molecule has 0 saturated carbocycles. The molecule has 0 saturated heterocycles. The van der Waals surface area contributed by atoms with E-state index < -0.39 is 5.97 Å². The maximum absolute atomic E-state index is 10.8. The van der Waals surface area contributed by atoms with Crippen LogP contribution in [0.2, 0.25) is 0 Å². The summed E-state index contributed by atoms with van der Waals surface area (Å²) in [5.41, 5.74) is 3.37. The normalized spacial score (nSPS) is 10.1. The van der Waals surface area contributed by atoms with Crippen LogP contribution in [-0.2, 0) is 6.54 Å². The minimum Gasteiger partial charge on any atom is -0.496 e. The molecular weight excluding hydrogens is 254 g/mol. The molecule has 4 nitrogen and oxygen atoms in total. The number of methoxy groups -OCH3 is 1. The molecule has 0 aliphatic rings. The summed E-state index contributed by atoms with van der Waals surface area (Å²) in [4.78, 5) is 10.8. The van der Waals surface area contributed by atoms with E-state index in [2.05, 4.69) is 5.32 Å². The third-order valence-electron chi connectivity index (χ3n) is 3.11. The number of carboxylic acid groups (broad SMARTS) is 1. The van der Waals surface area contributed by atoms with Crippen molar-refractivity contribution in [2.75, 3.05) is 12.4 Å². The van der Waals surface area contributed by atoms with Crippen molar-refractivity contribution in [1.82, 2.24) is 0 Å². The van der Waals surface area contributed by atoms with Crippen LogP contribution in [0.1, 0.15) is 21.5 Å². The number of hydrogen-bond acceptors (Lipinski definition) is 3. The molecule has 0 fully saturated rings. The summed E-state index contributed by atoms with van der Waals surface area (Å²) in [6, 6.07) is 12.8. The standard InChI is InChI=1S/C16H17NO3/c1-11-3-8-14(9-15(11)20-2)17-10-12-4-6-13(7-5-12)16(18)19/h3-9,17H,10H2,1-2H3,(H,18,19). The van der Waals surface area contributed by atoms with Crippen LogP contribution in [0.25, 0.3) is 0 Å². The Morgan fingerprint density at radius 3 is 2.50 bits per heavy atom. The van der Waals surface area contributed by atoms with Gasteiger partial charge in [0.15, 0.2) is 0 Å². The largest absolute Gasteiger partial charge is 0.496 e. The van der Waals surface area contributed by atoms with Gasteiger partial charge in [-0.25, -0.2) is 4.79 Å². The highest BCUT2D eigenvalue weighted by Gasteiger charge is 2.03. The summed E-state index contributed by atoms with van der Waals surface area (Å²) in [5, 5.41) is 12.1. The summed E-state index contributed by atoms with van der Waals surface area (Å²) in [7, 11) is 1.65. The van der Waals surface area contributed by atoms with Crippen LogP contribution in [0.5, 0.6) is 5.75 Å². The number of benzene rings is 2. The van der Waals surface area contributed by atoms with Gasteiger partial charge in [-0.1, -0.05) is 18.2 Å². The number of ether oxygens (including phenoxy) is 1. The fraction of sp³-hybridized carbons (Fsp3) is 0.188. The van der Waals surface area contributed by atoms with E-state index in [4.69, 9.17) is 9.84 Å². The number of aromatic carboxylic acids is 1. The lowest BCUT2D eigenvalue weighted by Gasteiger charge is -2.10. The Bertz CT molecular complexity index is 606. The summed E-state index contributed by atoms with van der Waals surface area (Å²) in [6.07, 6.45) is 0. The van der Waals surface area contributed by atoms with Crippen molar-refractivity contribution in [2.24, 2.45) is 0 Å². The Hall–Kier alpha value is -2.49. The second kappa shape index (κ2) is 6.10. The van der Waals surface area contributed by atoms with Crippen molar-refractivity contribution in [3.8, 4) is 5.75 Å². The van der Waals surface area contributed by atoms with Crippen molar-refractivity contribution in [3.05, 3.63) is 59.2 Å². The number of carboxylic acids is 1. The molecule has 2 rings (SSSR count). The van der Waals surface area contributed by atoms with Gasteiger partial charge in [0.2, 0.25) is 0 Å². The average Bonchev–Trinajstić information content (AvgIpc) is 2.46. The summed E-state index contributed by atoms with van der Waals surface area (Å²) in [6.45, 7) is 2.62. The molecule has 104 valence electrons. The lowest BCUT2D eigenvalue weighted by molar-refractivity contribution is 0.0697. The second-order valence-electron chi connectivity index (χ2n) is 4.54. The third kappa shape index (κ3) is 3.29. The topological polar surface area (TPSA) is 58.6 Å². The molecule has 0 aliphatic carbocycles. The quantitative estimate of drug-likeness (QED) is 0.876. The summed E-state index contributed by atoms with van der Waals surface area (Å²) in [5.74, 6) is -0.0657. The minimum atomic E-state index is -0.909. The van der Waals surface area contributed by atoms with Crippen LogP contribution >= 0.6 is 0 Å². The first-order chi connectivity index (χ1) is 9.60. The number of rotatable bonds is 5. The molecule has 0 unspecified atom stereocenters. The molecule has 0 bridgehead atoms. The predicted octanol–water partition coefficient (Wildman–Crippen LogP) is 3.31. The maximum Gasteiger partial charge on any atom is 0.335 e. The van der Waals surface area contributed by atoms with Crippen LogP contribution in [-0.4, -0.2) is 18.2 Å². The highest BCUT2D eigenvalue weighted by molar-refractivity contribution is 5.87. The van der Waals surface area contributed by atoms with Crippen LogP contribution < -0.4 is 10.1 Å². The fourth-order valence-electron chi connectivity index (χ4n) is 1.90. The molecule has 4 heteroatoms.